The molecule has 1 fully saturated rings. The number of allylic oxidation sites excluding steroid dienone is 7. The average Bonchev–Trinajstić information content (AvgIpc) is 1.30. The first-order valence-corrected chi connectivity index (χ1v) is 37.4. The van der Waals surface area contributed by atoms with Crippen LogP contribution in [0.1, 0.15) is 361 Å². The normalized spacial score (nSPS) is 18.5. The summed E-state index contributed by atoms with van der Waals surface area (Å²) < 4.78 is 17.7. The van der Waals surface area contributed by atoms with Gasteiger partial charge in [0.2, 0.25) is 5.91 Å². The summed E-state index contributed by atoms with van der Waals surface area (Å²) in [6.45, 7) is 5.81. The van der Waals surface area contributed by atoms with Gasteiger partial charge in [-0.15, -0.1) is 0 Å². The molecule has 8 atom stereocenters. The molecule has 0 aromatic rings. The third kappa shape index (κ3) is 50.9. The Balaban J connectivity index is 2.51. The molecule has 1 saturated heterocycles. The fourth-order valence-corrected chi connectivity index (χ4v) is 11.8. The van der Waals surface area contributed by atoms with Gasteiger partial charge in [-0.05, 0) is 64.2 Å². The first-order valence-electron chi connectivity index (χ1n) is 37.4. The van der Waals surface area contributed by atoms with E-state index in [0.717, 1.165) is 70.6 Å². The maximum absolute atomic E-state index is 13.5. The molecule has 0 radical (unpaired) electrons. The lowest BCUT2D eigenvalue weighted by atomic mass is 9.99. The maximum atomic E-state index is 13.5. The van der Waals surface area contributed by atoms with Crippen LogP contribution in [-0.2, 0) is 23.8 Å². The molecule has 1 rings (SSSR count). The Morgan fingerprint density at radius 3 is 1.21 bits per heavy atom. The van der Waals surface area contributed by atoms with Crippen molar-refractivity contribution in [3.63, 3.8) is 0 Å². The lowest BCUT2D eigenvalue weighted by Gasteiger charge is -2.41. The summed E-state index contributed by atoms with van der Waals surface area (Å²) in [7, 11) is 0. The smallest absolute Gasteiger partial charge is 0.306 e. The quantitative estimate of drug-likeness (QED) is 0.0195. The Morgan fingerprint density at radius 1 is 0.448 bits per heavy atom. The Labute approximate surface area is 536 Å². The summed E-state index contributed by atoms with van der Waals surface area (Å²) in [6.07, 6.45) is 70.2. The first-order chi connectivity index (χ1) is 42.7. The second kappa shape index (κ2) is 63.8. The fourth-order valence-electron chi connectivity index (χ4n) is 11.8. The van der Waals surface area contributed by atoms with E-state index in [1.165, 1.54) is 244 Å². The number of carbonyl (C=O) groups is 2. The molecule has 8 unspecified atom stereocenters. The largest absolute Gasteiger partial charge is 0.454 e. The van der Waals surface area contributed by atoms with E-state index in [-0.39, 0.29) is 13.0 Å². The van der Waals surface area contributed by atoms with Gasteiger partial charge in [0.05, 0.1) is 25.4 Å². The van der Waals surface area contributed by atoms with Gasteiger partial charge in [0.25, 0.3) is 0 Å². The highest BCUT2D eigenvalue weighted by Gasteiger charge is 2.47. The molecule has 11 nitrogen and oxygen atoms in total. The molecule has 0 aromatic carbocycles. The summed E-state index contributed by atoms with van der Waals surface area (Å²) in [5.41, 5.74) is 0. The number of carbonyl (C=O) groups excluding carboxylic acids is 2. The third-order valence-corrected chi connectivity index (χ3v) is 17.7. The molecule has 0 spiro atoms. The van der Waals surface area contributed by atoms with Gasteiger partial charge in [0.1, 0.15) is 24.4 Å². The predicted octanol–water partition coefficient (Wildman–Crippen LogP) is 19.5. The van der Waals surface area contributed by atoms with E-state index < -0.39 is 67.4 Å². The van der Waals surface area contributed by atoms with Crippen LogP contribution < -0.4 is 5.32 Å². The third-order valence-electron chi connectivity index (χ3n) is 17.7. The fraction of sp³-hybridized carbons (Fsp3) is 0.868. The van der Waals surface area contributed by atoms with Crippen LogP contribution in [0.15, 0.2) is 48.6 Å². The van der Waals surface area contributed by atoms with Crippen molar-refractivity contribution in [3.05, 3.63) is 48.6 Å². The number of hydrogen-bond acceptors (Lipinski definition) is 10. The van der Waals surface area contributed by atoms with Crippen LogP contribution in [-0.4, -0.2) is 99.6 Å². The van der Waals surface area contributed by atoms with Crippen molar-refractivity contribution < 1.29 is 49.3 Å². The SMILES string of the molecule is CCCCC/C=C\C/C=C\C/C=C\CCCCCCCCCCCCCCCC(O)C(=O)NC(COC1OC(CO)C(O)C(O)C1OC(=O)CCCCCCCCCCCCCCCCCCCCCCC)C(O)/C=C/CCCCCCCCCCC. The molecule has 6 N–H and O–H groups in total. The van der Waals surface area contributed by atoms with Crippen LogP contribution in [0.5, 0.6) is 0 Å². The van der Waals surface area contributed by atoms with E-state index >= 15 is 0 Å². The average molecular weight is 1230 g/mol. The molecule has 87 heavy (non-hydrogen) atoms. The van der Waals surface area contributed by atoms with Crippen LogP contribution in [0.25, 0.3) is 0 Å². The molecule has 0 saturated carbocycles. The Hall–Kier alpha value is -2.38. The second-order valence-corrected chi connectivity index (χ2v) is 26.0. The standard InChI is InChI=1S/C76H141NO10/c1-4-7-10-13-16-19-22-24-26-28-30-32-33-34-35-36-38-39-41-43-45-48-51-54-57-60-63-69(80)75(84)77-67(68(79)62-59-56-53-50-47-21-18-15-12-9-6-3)66-85-76-74(73(83)72(82)70(65-78)86-76)87-71(81)64-61-58-55-52-49-46-44-42-40-37-31-29-27-25-23-20-17-14-11-8-5-2/h16,19,24,26,30,32,59,62,67-70,72-74,76,78-80,82-83H,4-15,17-18,20-23,25,27-29,31,33-58,60-61,63-66H2,1-3H3,(H,77,84)/b19-16-,26-24-,32-30-,62-59+. The van der Waals surface area contributed by atoms with E-state index in [4.69, 9.17) is 14.2 Å². The molecule has 0 aliphatic carbocycles. The van der Waals surface area contributed by atoms with Crippen molar-refractivity contribution in [2.45, 2.75) is 410 Å². The molecule has 11 heteroatoms. The van der Waals surface area contributed by atoms with E-state index in [2.05, 4.69) is 62.5 Å². The van der Waals surface area contributed by atoms with Crippen LogP contribution in [0.3, 0.4) is 0 Å². The topological polar surface area (TPSA) is 175 Å². The van der Waals surface area contributed by atoms with Crippen molar-refractivity contribution in [2.24, 2.45) is 0 Å². The number of ether oxygens (including phenoxy) is 3. The van der Waals surface area contributed by atoms with Crippen LogP contribution in [0, 0.1) is 0 Å². The minimum absolute atomic E-state index is 0.129. The van der Waals surface area contributed by atoms with Gasteiger partial charge in [0.15, 0.2) is 12.4 Å². The predicted molar refractivity (Wildman–Crippen MR) is 366 cm³/mol. The number of hydrogen-bond donors (Lipinski definition) is 6. The Morgan fingerprint density at radius 2 is 0.793 bits per heavy atom. The van der Waals surface area contributed by atoms with E-state index in [9.17, 15) is 35.1 Å². The minimum Gasteiger partial charge on any atom is -0.454 e. The number of unbranched alkanes of at least 4 members (excludes halogenated alkanes) is 45. The van der Waals surface area contributed by atoms with Gasteiger partial charge in [-0.25, -0.2) is 0 Å². The van der Waals surface area contributed by atoms with Gasteiger partial charge in [-0.3, -0.25) is 9.59 Å². The van der Waals surface area contributed by atoms with Crippen molar-refractivity contribution in [1.29, 1.82) is 0 Å². The second-order valence-electron chi connectivity index (χ2n) is 26.0. The molecular formula is C76H141NO10. The lowest BCUT2D eigenvalue weighted by molar-refractivity contribution is -0.305. The number of aliphatic hydroxyl groups is 5. The van der Waals surface area contributed by atoms with E-state index in [0.29, 0.717) is 19.3 Å². The first kappa shape index (κ1) is 82.6. The van der Waals surface area contributed by atoms with Crippen molar-refractivity contribution in [3.8, 4) is 0 Å². The molecule has 1 aliphatic heterocycles. The molecule has 1 amide bonds. The Bertz CT molecular complexity index is 1600. The molecule has 0 bridgehead atoms. The zero-order chi connectivity index (χ0) is 63.1. The van der Waals surface area contributed by atoms with Crippen molar-refractivity contribution in [2.75, 3.05) is 13.2 Å². The summed E-state index contributed by atoms with van der Waals surface area (Å²) in [4.78, 5) is 26.7. The Kier molecular flexibility index (Phi) is 60.6. The summed E-state index contributed by atoms with van der Waals surface area (Å²) in [5.74, 6) is -1.18. The molecule has 510 valence electrons. The maximum Gasteiger partial charge on any atom is 0.306 e. The van der Waals surface area contributed by atoms with Gasteiger partial charge in [-0.1, -0.05) is 339 Å². The zero-order valence-electron chi connectivity index (χ0n) is 56.9. The summed E-state index contributed by atoms with van der Waals surface area (Å²) in [5, 5.41) is 57.3. The molecular weight excluding hydrogens is 1090 g/mol. The highest BCUT2D eigenvalue weighted by molar-refractivity contribution is 5.80. The molecule has 1 heterocycles. The van der Waals surface area contributed by atoms with Crippen LogP contribution in [0.4, 0.5) is 0 Å². The highest BCUT2D eigenvalue weighted by atomic mass is 16.7. The lowest BCUT2D eigenvalue weighted by Crippen LogP contribution is -2.61. The number of nitrogens with one attached hydrogen (secondary N) is 1. The molecule has 1 aliphatic rings. The van der Waals surface area contributed by atoms with Crippen molar-refractivity contribution in [1.82, 2.24) is 5.32 Å². The molecule has 0 aromatic heterocycles. The van der Waals surface area contributed by atoms with E-state index in [1.807, 2.05) is 6.08 Å². The minimum atomic E-state index is -1.61. The van der Waals surface area contributed by atoms with Gasteiger partial charge < -0.3 is 45.1 Å². The van der Waals surface area contributed by atoms with E-state index in [1.54, 1.807) is 6.08 Å². The number of rotatable bonds is 65. The number of amides is 1. The zero-order valence-corrected chi connectivity index (χ0v) is 56.9. The van der Waals surface area contributed by atoms with Crippen LogP contribution in [0.2, 0.25) is 0 Å². The van der Waals surface area contributed by atoms with Crippen molar-refractivity contribution >= 4 is 11.9 Å². The highest BCUT2D eigenvalue weighted by Crippen LogP contribution is 2.27. The number of aliphatic hydroxyl groups excluding tert-OH is 5. The monoisotopic (exact) mass is 1230 g/mol. The van der Waals surface area contributed by atoms with Gasteiger partial charge in [0, 0.05) is 6.42 Å². The van der Waals surface area contributed by atoms with Gasteiger partial charge in [-0.2, -0.15) is 0 Å². The summed E-state index contributed by atoms with van der Waals surface area (Å²) in [6, 6.07) is -1.02. The number of esters is 1. The summed E-state index contributed by atoms with van der Waals surface area (Å²) >= 11 is 0. The van der Waals surface area contributed by atoms with Crippen LogP contribution >= 0.6 is 0 Å². The van der Waals surface area contributed by atoms with Gasteiger partial charge >= 0.3 is 5.97 Å².